The van der Waals surface area contributed by atoms with E-state index < -0.39 is 12.1 Å². The standard InChI is InChI=1S/C61H86O6/c1-4-7-10-13-16-19-22-25-27-29-30-32-33-36-39-42-45-48-51-54-60(63)66-57-58(56-65-59(62)53-50-47-44-41-38-35-24-21-18-15-12-9-6-3)67-61(64)55-52-49-46-43-40-37-34-31-28-26-23-20-17-14-11-8-5-2/h7-13,15-22,24-30,32-39,43,46,58H,4-6,14,23,31,40-42,44-45,47-57H2,1-3H3/b10-7+,11-8+,12-9+,16-13+,18-15+,20-17+,22-19+,24-21+,27-25+,28-26+,30-29+,33-32+,37-34+,38-35+,39-36+,46-43+. The molecule has 366 valence electrons. The second kappa shape index (κ2) is 52.9. The van der Waals surface area contributed by atoms with Gasteiger partial charge in [-0.2, -0.15) is 0 Å². The monoisotopic (exact) mass is 915 g/mol. The van der Waals surface area contributed by atoms with Crippen LogP contribution in [0.1, 0.15) is 149 Å². The molecule has 0 fully saturated rings. The molecule has 0 aromatic rings. The van der Waals surface area contributed by atoms with E-state index in [4.69, 9.17) is 14.2 Å². The minimum atomic E-state index is -0.855. The highest BCUT2D eigenvalue weighted by Crippen LogP contribution is 2.10. The van der Waals surface area contributed by atoms with Gasteiger partial charge in [-0.3, -0.25) is 14.4 Å². The number of hydrogen-bond acceptors (Lipinski definition) is 6. The molecule has 0 rings (SSSR count). The molecule has 0 spiro atoms. The lowest BCUT2D eigenvalue weighted by Gasteiger charge is -2.18. The van der Waals surface area contributed by atoms with Crippen LogP contribution in [0.3, 0.4) is 0 Å². The maximum Gasteiger partial charge on any atom is 0.306 e. The molecule has 0 aliphatic heterocycles. The van der Waals surface area contributed by atoms with Crippen LogP contribution in [0.4, 0.5) is 0 Å². The van der Waals surface area contributed by atoms with Crippen LogP contribution < -0.4 is 0 Å². The average Bonchev–Trinajstić information content (AvgIpc) is 3.33. The minimum Gasteiger partial charge on any atom is -0.462 e. The summed E-state index contributed by atoms with van der Waals surface area (Å²) >= 11 is 0. The van der Waals surface area contributed by atoms with E-state index in [1.54, 1.807) is 0 Å². The molecule has 0 bridgehead atoms. The van der Waals surface area contributed by atoms with Crippen molar-refractivity contribution in [2.75, 3.05) is 13.2 Å². The quantitative estimate of drug-likeness (QED) is 0.0200. The van der Waals surface area contributed by atoms with E-state index in [9.17, 15) is 14.4 Å². The Morgan fingerprint density at radius 1 is 0.313 bits per heavy atom. The molecule has 0 aliphatic carbocycles. The van der Waals surface area contributed by atoms with Crippen molar-refractivity contribution in [1.82, 2.24) is 0 Å². The SMILES string of the molecule is CC/C=C/C=C/C=C/C=C/C=C/C=C/C=C/CCCCCC(=O)OCC(COC(=O)CCCCC/C=C/C=C/C=C/C=C/CC)OC(=O)CCC/C=C/C/C=C/C/C=C/C/C=C/C/C=C/CC. The summed E-state index contributed by atoms with van der Waals surface area (Å²) in [5, 5.41) is 0. The fourth-order valence-corrected chi connectivity index (χ4v) is 5.70. The smallest absolute Gasteiger partial charge is 0.306 e. The molecule has 67 heavy (non-hydrogen) atoms. The predicted octanol–water partition coefficient (Wildman–Crippen LogP) is 16.7. The summed E-state index contributed by atoms with van der Waals surface area (Å²) in [6.07, 6.45) is 81.3. The highest BCUT2D eigenvalue weighted by atomic mass is 16.6. The number of carbonyl (C=O) groups excluding carboxylic acids is 3. The lowest BCUT2D eigenvalue weighted by atomic mass is 10.1. The van der Waals surface area contributed by atoms with Crippen molar-refractivity contribution in [2.45, 2.75) is 155 Å². The Morgan fingerprint density at radius 3 is 1.01 bits per heavy atom. The van der Waals surface area contributed by atoms with Gasteiger partial charge in [-0.1, -0.05) is 228 Å². The molecular formula is C61H86O6. The summed E-state index contributed by atoms with van der Waals surface area (Å²) in [4.78, 5) is 38.0. The Bertz CT molecular complexity index is 1710. The number of allylic oxidation sites excluding steroid dienone is 32. The van der Waals surface area contributed by atoms with Gasteiger partial charge >= 0.3 is 17.9 Å². The third-order valence-corrected chi connectivity index (χ3v) is 9.36. The normalized spacial score (nSPS) is 13.8. The molecule has 0 heterocycles. The molecule has 0 saturated carbocycles. The Morgan fingerprint density at radius 2 is 0.627 bits per heavy atom. The van der Waals surface area contributed by atoms with E-state index in [-0.39, 0.29) is 44.4 Å². The van der Waals surface area contributed by atoms with Gasteiger partial charge in [0.05, 0.1) is 0 Å². The number of rotatable bonds is 41. The van der Waals surface area contributed by atoms with Crippen molar-refractivity contribution >= 4 is 17.9 Å². The highest BCUT2D eigenvalue weighted by Gasteiger charge is 2.19. The van der Waals surface area contributed by atoms with Gasteiger partial charge in [-0.05, 0) is 96.3 Å². The fraction of sp³-hybridized carbons (Fsp3) is 0.426. The molecule has 1 unspecified atom stereocenters. The van der Waals surface area contributed by atoms with Crippen LogP contribution >= 0.6 is 0 Å². The Hall–Kier alpha value is -5.75. The molecule has 0 N–H and O–H groups in total. The summed E-state index contributed by atoms with van der Waals surface area (Å²) in [6.45, 7) is 6.06. The molecule has 0 aliphatic rings. The molecule has 0 aromatic heterocycles. The van der Waals surface area contributed by atoms with E-state index >= 15 is 0 Å². The van der Waals surface area contributed by atoms with E-state index in [0.29, 0.717) is 19.3 Å². The number of unbranched alkanes of at least 4 members (excludes halogenated alkanes) is 7. The van der Waals surface area contributed by atoms with Crippen LogP contribution in [0, 0.1) is 0 Å². The number of carbonyl (C=O) groups is 3. The zero-order valence-corrected chi connectivity index (χ0v) is 41.6. The van der Waals surface area contributed by atoms with Gasteiger partial charge in [0.2, 0.25) is 0 Å². The molecular weight excluding hydrogens is 829 g/mol. The van der Waals surface area contributed by atoms with E-state index in [0.717, 1.165) is 89.9 Å². The van der Waals surface area contributed by atoms with Crippen molar-refractivity contribution in [3.8, 4) is 0 Å². The summed E-state index contributed by atoms with van der Waals surface area (Å²) in [5.74, 6) is -1.11. The minimum absolute atomic E-state index is 0.149. The van der Waals surface area contributed by atoms with Gasteiger partial charge in [-0.25, -0.2) is 0 Å². The third-order valence-electron chi connectivity index (χ3n) is 9.36. The largest absolute Gasteiger partial charge is 0.462 e. The molecule has 0 amide bonds. The lowest BCUT2D eigenvalue weighted by Crippen LogP contribution is -2.30. The van der Waals surface area contributed by atoms with Gasteiger partial charge in [-0.15, -0.1) is 0 Å². The first kappa shape index (κ1) is 61.2. The van der Waals surface area contributed by atoms with Crippen LogP contribution in [0.2, 0.25) is 0 Å². The van der Waals surface area contributed by atoms with Crippen LogP contribution in [0.15, 0.2) is 194 Å². The Labute approximate surface area is 407 Å². The predicted molar refractivity (Wildman–Crippen MR) is 287 cm³/mol. The van der Waals surface area contributed by atoms with Crippen molar-refractivity contribution < 1.29 is 28.6 Å². The second-order valence-corrected chi connectivity index (χ2v) is 15.5. The number of ether oxygens (including phenoxy) is 3. The molecule has 1 atom stereocenters. The van der Waals surface area contributed by atoms with Crippen LogP contribution in [-0.2, 0) is 28.6 Å². The van der Waals surface area contributed by atoms with Crippen molar-refractivity contribution in [3.63, 3.8) is 0 Å². The lowest BCUT2D eigenvalue weighted by molar-refractivity contribution is -0.167. The van der Waals surface area contributed by atoms with Crippen molar-refractivity contribution in [3.05, 3.63) is 194 Å². The van der Waals surface area contributed by atoms with Gasteiger partial charge < -0.3 is 14.2 Å². The summed E-state index contributed by atoms with van der Waals surface area (Å²) in [6, 6.07) is 0. The highest BCUT2D eigenvalue weighted by molar-refractivity contribution is 5.71. The fourth-order valence-electron chi connectivity index (χ4n) is 5.70. The molecule has 6 heteroatoms. The summed E-state index contributed by atoms with van der Waals surface area (Å²) in [5.41, 5.74) is 0. The summed E-state index contributed by atoms with van der Waals surface area (Å²) in [7, 11) is 0. The first-order valence-electron chi connectivity index (χ1n) is 25.1. The molecule has 0 aromatic carbocycles. The van der Waals surface area contributed by atoms with Crippen LogP contribution in [0.25, 0.3) is 0 Å². The van der Waals surface area contributed by atoms with Crippen molar-refractivity contribution in [1.29, 1.82) is 0 Å². The van der Waals surface area contributed by atoms with Crippen LogP contribution in [-0.4, -0.2) is 37.2 Å². The molecule has 0 saturated heterocycles. The Balaban J connectivity index is 4.70. The number of esters is 3. The van der Waals surface area contributed by atoms with Crippen LogP contribution in [0.5, 0.6) is 0 Å². The van der Waals surface area contributed by atoms with E-state index in [2.05, 4.69) is 106 Å². The molecule has 6 nitrogen and oxygen atoms in total. The number of hydrogen-bond donors (Lipinski definition) is 0. The maximum absolute atomic E-state index is 12.8. The Kier molecular flexibility index (Phi) is 48.3. The zero-order chi connectivity index (χ0) is 48.6. The first-order valence-corrected chi connectivity index (χ1v) is 25.1. The molecule has 0 radical (unpaired) electrons. The van der Waals surface area contributed by atoms with Gasteiger partial charge in [0.1, 0.15) is 13.2 Å². The van der Waals surface area contributed by atoms with Crippen molar-refractivity contribution in [2.24, 2.45) is 0 Å². The third kappa shape index (κ3) is 51.1. The average molecular weight is 915 g/mol. The zero-order valence-electron chi connectivity index (χ0n) is 41.6. The topological polar surface area (TPSA) is 78.9 Å². The summed E-state index contributed by atoms with van der Waals surface area (Å²) < 4.78 is 16.7. The van der Waals surface area contributed by atoms with E-state index in [1.165, 1.54) is 0 Å². The first-order chi connectivity index (χ1) is 33.0. The van der Waals surface area contributed by atoms with E-state index in [1.807, 2.05) is 109 Å². The second-order valence-electron chi connectivity index (χ2n) is 15.5. The van der Waals surface area contributed by atoms with Gasteiger partial charge in [0.15, 0.2) is 6.10 Å². The van der Waals surface area contributed by atoms with Gasteiger partial charge in [0.25, 0.3) is 0 Å². The maximum atomic E-state index is 12.8. The van der Waals surface area contributed by atoms with Gasteiger partial charge in [0, 0.05) is 19.3 Å².